The molecule has 0 radical (unpaired) electrons. The van der Waals surface area contributed by atoms with Crippen molar-refractivity contribution in [2.75, 3.05) is 6.54 Å². The number of aliphatic carboxylic acids is 1. The number of benzene rings is 3. The second kappa shape index (κ2) is 12.2. The lowest BCUT2D eigenvalue weighted by molar-refractivity contribution is -0.274. The summed E-state index contributed by atoms with van der Waals surface area (Å²) in [5, 5.41) is 12.0. The zero-order chi connectivity index (χ0) is 28.9. The Labute approximate surface area is 228 Å². The van der Waals surface area contributed by atoms with Crippen LogP contribution < -0.4 is 10.1 Å². The molecule has 2 atom stereocenters. The number of ether oxygens (including phenoxy) is 1. The number of aromatic amines is 1. The number of fused-ring (bicyclic) bond motifs is 1. The van der Waals surface area contributed by atoms with Gasteiger partial charge >= 0.3 is 12.3 Å². The maximum Gasteiger partial charge on any atom is 0.573 e. The summed E-state index contributed by atoms with van der Waals surface area (Å²) in [6.45, 7) is 2.02. The molecular weight excluding hydrogens is 528 g/mol. The van der Waals surface area contributed by atoms with Crippen molar-refractivity contribution in [3.05, 3.63) is 101 Å². The Bertz CT molecular complexity index is 1460. The van der Waals surface area contributed by atoms with Gasteiger partial charge in [-0.25, -0.2) is 4.39 Å². The number of carbonyl (C=O) groups is 2. The summed E-state index contributed by atoms with van der Waals surface area (Å²) in [6.07, 6.45) is -1.81. The van der Waals surface area contributed by atoms with E-state index in [9.17, 15) is 27.2 Å². The van der Waals surface area contributed by atoms with Crippen molar-refractivity contribution in [3.8, 4) is 5.75 Å². The van der Waals surface area contributed by atoms with Crippen LogP contribution in [0.5, 0.6) is 5.75 Å². The van der Waals surface area contributed by atoms with E-state index in [0.29, 0.717) is 28.5 Å². The van der Waals surface area contributed by atoms with Gasteiger partial charge in [0.25, 0.3) is 5.91 Å². The van der Waals surface area contributed by atoms with Gasteiger partial charge in [-0.3, -0.25) is 9.59 Å². The average Bonchev–Trinajstić information content (AvgIpc) is 3.33. The molecule has 210 valence electrons. The number of nitrogens with one attached hydrogen (secondary N) is 2. The summed E-state index contributed by atoms with van der Waals surface area (Å²) < 4.78 is 56.9. The molecule has 3 N–H and O–H groups in total. The number of carbonyl (C=O) groups excluding carboxylic acids is 1. The highest BCUT2D eigenvalue weighted by Gasteiger charge is 2.32. The second-order valence-electron chi connectivity index (χ2n) is 9.42. The molecule has 1 aromatic heterocycles. The minimum Gasteiger partial charge on any atom is -0.481 e. The van der Waals surface area contributed by atoms with E-state index in [0.717, 1.165) is 17.5 Å². The first-order valence-electron chi connectivity index (χ1n) is 12.8. The van der Waals surface area contributed by atoms with E-state index >= 15 is 0 Å². The van der Waals surface area contributed by atoms with Crippen molar-refractivity contribution in [2.45, 2.75) is 44.4 Å². The van der Waals surface area contributed by atoms with Gasteiger partial charge < -0.3 is 20.1 Å². The van der Waals surface area contributed by atoms with Crippen LogP contribution in [0, 0.1) is 5.82 Å². The second-order valence-corrected chi connectivity index (χ2v) is 9.42. The average molecular weight is 557 g/mol. The van der Waals surface area contributed by atoms with Gasteiger partial charge in [0, 0.05) is 29.6 Å². The van der Waals surface area contributed by atoms with E-state index in [2.05, 4.69) is 15.0 Å². The predicted molar refractivity (Wildman–Crippen MR) is 142 cm³/mol. The summed E-state index contributed by atoms with van der Waals surface area (Å²) >= 11 is 0. The van der Waals surface area contributed by atoms with Crippen molar-refractivity contribution in [2.24, 2.45) is 0 Å². The molecule has 0 aliphatic heterocycles. The van der Waals surface area contributed by atoms with Gasteiger partial charge in [-0.1, -0.05) is 49.7 Å². The monoisotopic (exact) mass is 556 g/mol. The molecule has 0 spiro atoms. The third-order valence-electron chi connectivity index (χ3n) is 6.73. The van der Waals surface area contributed by atoms with Gasteiger partial charge in [-0.05, 0) is 59.4 Å². The minimum atomic E-state index is -4.82. The van der Waals surface area contributed by atoms with Crippen LogP contribution in [-0.2, 0) is 4.79 Å². The molecule has 0 aliphatic rings. The number of aromatic nitrogens is 1. The van der Waals surface area contributed by atoms with Crippen LogP contribution in [0.25, 0.3) is 10.9 Å². The Morgan fingerprint density at radius 2 is 1.68 bits per heavy atom. The molecule has 0 aliphatic carbocycles. The van der Waals surface area contributed by atoms with Gasteiger partial charge in [-0.2, -0.15) is 0 Å². The lowest BCUT2D eigenvalue weighted by Gasteiger charge is -2.28. The normalized spacial score (nSPS) is 13.1. The zero-order valence-electron chi connectivity index (χ0n) is 21.6. The van der Waals surface area contributed by atoms with Crippen molar-refractivity contribution >= 4 is 22.8 Å². The van der Waals surface area contributed by atoms with Crippen LogP contribution in [0.3, 0.4) is 0 Å². The van der Waals surface area contributed by atoms with Gasteiger partial charge in [0.15, 0.2) is 0 Å². The van der Waals surface area contributed by atoms with Crippen molar-refractivity contribution in [1.82, 2.24) is 10.3 Å². The van der Waals surface area contributed by atoms with Gasteiger partial charge in [0.05, 0.1) is 11.9 Å². The predicted octanol–water partition coefficient (Wildman–Crippen LogP) is 7.13. The highest BCUT2D eigenvalue weighted by atomic mass is 19.4. The van der Waals surface area contributed by atoms with Gasteiger partial charge in [0.2, 0.25) is 0 Å². The molecule has 40 heavy (non-hydrogen) atoms. The van der Waals surface area contributed by atoms with Gasteiger partial charge in [0.1, 0.15) is 11.6 Å². The first-order chi connectivity index (χ1) is 19.1. The molecule has 0 bridgehead atoms. The first-order valence-corrected chi connectivity index (χ1v) is 12.8. The summed E-state index contributed by atoms with van der Waals surface area (Å²) in [4.78, 5) is 26.2. The lowest BCUT2D eigenvalue weighted by Crippen LogP contribution is -2.26. The van der Waals surface area contributed by atoms with E-state index in [4.69, 9.17) is 5.11 Å². The van der Waals surface area contributed by atoms with Crippen molar-refractivity contribution in [3.63, 3.8) is 0 Å². The maximum atomic E-state index is 14.6. The fraction of sp³-hybridized carbons (Fsp3) is 0.267. The van der Waals surface area contributed by atoms with Gasteiger partial charge in [-0.15, -0.1) is 13.2 Å². The minimum absolute atomic E-state index is 0.00161. The standard InChI is InChI=1S/C30H28F4N2O4/c1-2-4-22(18-7-9-20(10-8-18)29(39)35-16-15-26(37)38)27(19-11-13-21(14-12-19)40-30(32,33)34)24-17-36-28-23(24)5-3-6-25(28)31/h3,5-14,17,22,27,36H,2,4,15-16H2,1H3,(H,35,39)(H,37,38). The third-order valence-corrected chi connectivity index (χ3v) is 6.73. The largest absolute Gasteiger partial charge is 0.573 e. The van der Waals surface area contributed by atoms with Crippen LogP contribution in [0.2, 0.25) is 0 Å². The summed E-state index contributed by atoms with van der Waals surface area (Å²) in [7, 11) is 0. The molecule has 6 nitrogen and oxygen atoms in total. The number of halogens is 4. The Morgan fingerprint density at radius 1 is 1.00 bits per heavy atom. The number of hydrogen-bond acceptors (Lipinski definition) is 3. The van der Waals surface area contributed by atoms with E-state index in [1.54, 1.807) is 42.6 Å². The van der Waals surface area contributed by atoms with Crippen LogP contribution in [0.15, 0.2) is 72.9 Å². The number of hydrogen-bond donors (Lipinski definition) is 3. The fourth-order valence-corrected chi connectivity index (χ4v) is 5.01. The van der Waals surface area contributed by atoms with E-state index in [-0.39, 0.29) is 30.6 Å². The van der Waals surface area contributed by atoms with Crippen LogP contribution in [-0.4, -0.2) is 34.9 Å². The molecule has 2 unspecified atom stereocenters. The Kier molecular flexibility index (Phi) is 8.77. The first kappa shape index (κ1) is 28.7. The quantitative estimate of drug-likeness (QED) is 0.172. The molecule has 3 aromatic carbocycles. The fourth-order valence-electron chi connectivity index (χ4n) is 5.01. The van der Waals surface area contributed by atoms with Crippen molar-refractivity contribution < 1.29 is 37.0 Å². The highest BCUT2D eigenvalue weighted by Crippen LogP contribution is 2.44. The van der Waals surface area contributed by atoms with E-state index in [1.807, 2.05) is 19.1 Å². The summed E-state index contributed by atoms with van der Waals surface area (Å²) in [6, 6.07) is 17.4. The smallest absolute Gasteiger partial charge is 0.481 e. The highest BCUT2D eigenvalue weighted by molar-refractivity contribution is 5.94. The molecule has 4 rings (SSSR count). The molecule has 1 heterocycles. The Hall–Kier alpha value is -4.34. The molecular formula is C30H28F4N2O4. The van der Waals surface area contributed by atoms with Crippen LogP contribution in [0.1, 0.15) is 65.1 Å². The SMILES string of the molecule is CCCC(c1ccc(C(=O)NCCC(=O)O)cc1)C(c1ccc(OC(F)(F)F)cc1)c1c[nH]c2c(F)cccc12. The third kappa shape index (κ3) is 6.80. The molecule has 0 fully saturated rings. The number of H-pyrrole nitrogens is 1. The maximum absolute atomic E-state index is 14.6. The number of carboxylic acid groups (broad SMARTS) is 1. The van der Waals surface area contributed by atoms with Crippen LogP contribution >= 0.6 is 0 Å². The van der Waals surface area contributed by atoms with Crippen molar-refractivity contribution in [1.29, 1.82) is 0 Å². The Balaban J connectivity index is 1.74. The molecule has 0 saturated heterocycles. The number of alkyl halides is 3. The molecule has 4 aromatic rings. The summed E-state index contributed by atoms with van der Waals surface area (Å²) in [5.41, 5.74) is 3.09. The Morgan fingerprint density at radius 3 is 2.30 bits per heavy atom. The number of rotatable bonds is 11. The lowest BCUT2D eigenvalue weighted by atomic mass is 9.75. The number of para-hydroxylation sites is 1. The molecule has 1 amide bonds. The zero-order valence-corrected chi connectivity index (χ0v) is 21.6. The molecule has 0 saturated carbocycles. The topological polar surface area (TPSA) is 91.4 Å². The number of carboxylic acids is 1. The van der Waals surface area contributed by atoms with Crippen LogP contribution in [0.4, 0.5) is 17.6 Å². The summed E-state index contributed by atoms with van der Waals surface area (Å²) in [5.74, 6) is -2.72. The molecule has 10 heteroatoms. The van der Waals surface area contributed by atoms with E-state index in [1.165, 1.54) is 18.2 Å². The number of amides is 1. The van der Waals surface area contributed by atoms with E-state index < -0.39 is 24.1 Å².